The first-order valence-corrected chi connectivity index (χ1v) is 13.3. The first-order valence-electron chi connectivity index (χ1n) is 13.3. The van der Waals surface area contributed by atoms with E-state index in [1.807, 2.05) is 0 Å². The number of hydrogen-bond donors (Lipinski definition) is 0. The van der Waals surface area contributed by atoms with Crippen LogP contribution in [0.5, 0.6) is 0 Å². The molecule has 4 heterocycles. The third kappa shape index (κ3) is 17.5. The van der Waals surface area contributed by atoms with E-state index in [2.05, 4.69) is 47.8 Å². The van der Waals surface area contributed by atoms with E-state index in [0.29, 0.717) is 0 Å². The van der Waals surface area contributed by atoms with Crippen molar-refractivity contribution in [1.29, 1.82) is 0 Å². The highest BCUT2D eigenvalue weighted by Gasteiger charge is 2.04. The molecule has 0 bridgehead atoms. The summed E-state index contributed by atoms with van der Waals surface area (Å²) in [5, 5.41) is 0. The molecule has 4 heteroatoms. The molecule has 4 aliphatic rings. The molecule has 0 atom stereocenters. The molecule has 0 amide bonds. The van der Waals surface area contributed by atoms with Gasteiger partial charge in [0, 0.05) is 0 Å². The Morgan fingerprint density at radius 2 is 0.367 bits per heavy atom. The second-order valence-corrected chi connectivity index (χ2v) is 10.2. The second kappa shape index (κ2) is 19.5. The molecule has 0 N–H and O–H groups in total. The van der Waals surface area contributed by atoms with Crippen LogP contribution in [0.25, 0.3) is 0 Å². The Morgan fingerprint density at radius 1 is 0.233 bits per heavy atom. The van der Waals surface area contributed by atoms with Crippen molar-refractivity contribution in [1.82, 2.24) is 19.6 Å². The standard InChI is InChI=1S/C8H17N.C7H15N.C6H13N.C5H11N/c1-9-7-5-3-2-4-6-8-9;1-8-6-4-2-3-5-7-8;1-7-5-3-2-4-6-7;1-6-4-2-3-5-6/h2-8H2,1H3;2-7H2,1H3;2-6H2,1H3;2-5H2,1H3. The van der Waals surface area contributed by atoms with E-state index in [0.717, 1.165) is 0 Å². The Bertz CT molecular complexity index is 335. The number of piperidine rings is 1. The van der Waals surface area contributed by atoms with Crippen molar-refractivity contribution in [2.75, 3.05) is 80.5 Å². The SMILES string of the molecule is CN1CCCC1.CN1CCCCC1.CN1CCCCCC1.CN1CCCCCCC1. The summed E-state index contributed by atoms with van der Waals surface area (Å²) in [4.78, 5) is 9.62. The maximum absolute atomic E-state index is 2.44. The zero-order valence-electron chi connectivity index (χ0n) is 21.3. The number of likely N-dealkylation sites (tertiary alicyclic amines) is 4. The zero-order chi connectivity index (χ0) is 21.9. The molecule has 30 heavy (non-hydrogen) atoms. The van der Waals surface area contributed by atoms with Gasteiger partial charge in [0.2, 0.25) is 0 Å². The van der Waals surface area contributed by atoms with Crippen LogP contribution in [0.15, 0.2) is 0 Å². The molecule has 0 aromatic carbocycles. The second-order valence-electron chi connectivity index (χ2n) is 10.2. The highest BCUT2D eigenvalue weighted by atomic mass is 15.1. The molecule has 0 aromatic rings. The van der Waals surface area contributed by atoms with E-state index in [9.17, 15) is 0 Å². The molecule has 4 saturated heterocycles. The van der Waals surface area contributed by atoms with Crippen molar-refractivity contribution in [2.24, 2.45) is 0 Å². The molecule has 0 aliphatic carbocycles. The Morgan fingerprint density at radius 3 is 0.567 bits per heavy atom. The molecular weight excluding hydrogens is 368 g/mol. The maximum atomic E-state index is 2.44. The molecule has 4 nitrogen and oxygen atoms in total. The van der Waals surface area contributed by atoms with Crippen molar-refractivity contribution in [2.45, 2.75) is 89.9 Å². The van der Waals surface area contributed by atoms with Gasteiger partial charge in [-0.05, 0) is 132 Å². The van der Waals surface area contributed by atoms with Crippen LogP contribution in [0.2, 0.25) is 0 Å². The number of nitrogens with zero attached hydrogens (tertiary/aromatic N) is 4. The van der Waals surface area contributed by atoms with Crippen molar-refractivity contribution in [3.63, 3.8) is 0 Å². The first kappa shape index (κ1) is 27.9. The lowest BCUT2D eigenvalue weighted by Gasteiger charge is -2.20. The summed E-state index contributed by atoms with van der Waals surface area (Å²) < 4.78 is 0. The van der Waals surface area contributed by atoms with Gasteiger partial charge in [0.1, 0.15) is 0 Å². The normalized spacial score (nSPS) is 25.2. The zero-order valence-corrected chi connectivity index (χ0v) is 21.3. The number of rotatable bonds is 0. The van der Waals surface area contributed by atoms with Gasteiger partial charge in [-0.1, -0.05) is 38.5 Å². The monoisotopic (exact) mass is 424 g/mol. The summed E-state index contributed by atoms with van der Waals surface area (Å²) in [6.45, 7) is 10.6. The fourth-order valence-electron chi connectivity index (χ4n) is 4.56. The van der Waals surface area contributed by atoms with Crippen molar-refractivity contribution >= 4 is 0 Å². The first-order chi connectivity index (χ1) is 14.6. The van der Waals surface area contributed by atoms with E-state index in [1.54, 1.807) is 0 Å². The van der Waals surface area contributed by atoms with Crippen LogP contribution in [0, 0.1) is 0 Å². The summed E-state index contributed by atoms with van der Waals surface area (Å²) >= 11 is 0. The molecule has 4 rings (SSSR count). The summed E-state index contributed by atoms with van der Waals surface area (Å²) in [5.74, 6) is 0. The van der Waals surface area contributed by atoms with Crippen molar-refractivity contribution in [3.8, 4) is 0 Å². The van der Waals surface area contributed by atoms with E-state index < -0.39 is 0 Å². The molecule has 0 saturated carbocycles. The molecular formula is C26H56N4. The third-order valence-corrected chi connectivity index (χ3v) is 6.82. The lowest BCUT2D eigenvalue weighted by atomic mass is 10.1. The Hall–Kier alpha value is -0.160. The molecule has 0 radical (unpaired) electrons. The topological polar surface area (TPSA) is 13.0 Å². The number of hydrogen-bond acceptors (Lipinski definition) is 4. The van der Waals surface area contributed by atoms with Gasteiger partial charge >= 0.3 is 0 Å². The van der Waals surface area contributed by atoms with Crippen LogP contribution in [0.1, 0.15) is 89.9 Å². The van der Waals surface area contributed by atoms with Crippen molar-refractivity contribution in [3.05, 3.63) is 0 Å². The Labute approximate surface area is 190 Å². The van der Waals surface area contributed by atoms with E-state index in [-0.39, 0.29) is 0 Å². The van der Waals surface area contributed by atoms with E-state index in [1.165, 1.54) is 142 Å². The molecule has 180 valence electrons. The van der Waals surface area contributed by atoms with Crippen LogP contribution in [-0.2, 0) is 0 Å². The maximum Gasteiger partial charge on any atom is -0.00213 e. The highest BCUT2D eigenvalue weighted by molar-refractivity contribution is 4.60. The van der Waals surface area contributed by atoms with Gasteiger partial charge in [-0.25, -0.2) is 0 Å². The minimum atomic E-state index is 1.32. The molecule has 0 aromatic heterocycles. The van der Waals surface area contributed by atoms with Crippen LogP contribution in [-0.4, -0.2) is 100 Å². The highest BCUT2D eigenvalue weighted by Crippen LogP contribution is 2.08. The van der Waals surface area contributed by atoms with Crippen LogP contribution < -0.4 is 0 Å². The minimum Gasteiger partial charge on any atom is -0.306 e. The average molecular weight is 425 g/mol. The predicted octanol–water partition coefficient (Wildman–Crippen LogP) is 5.19. The predicted molar refractivity (Wildman–Crippen MR) is 135 cm³/mol. The quantitative estimate of drug-likeness (QED) is 0.530. The lowest BCUT2D eigenvalue weighted by molar-refractivity contribution is 0.277. The van der Waals surface area contributed by atoms with Crippen molar-refractivity contribution < 1.29 is 0 Å². The molecule has 4 fully saturated rings. The van der Waals surface area contributed by atoms with Crippen LogP contribution in [0.4, 0.5) is 0 Å². The summed E-state index contributed by atoms with van der Waals surface area (Å²) in [5.41, 5.74) is 0. The fourth-order valence-corrected chi connectivity index (χ4v) is 4.56. The summed E-state index contributed by atoms with van der Waals surface area (Å²) in [6, 6.07) is 0. The summed E-state index contributed by atoms with van der Waals surface area (Å²) in [7, 11) is 8.81. The van der Waals surface area contributed by atoms with E-state index in [4.69, 9.17) is 0 Å². The average Bonchev–Trinajstić information content (AvgIpc) is 3.08. The molecule has 0 spiro atoms. The van der Waals surface area contributed by atoms with Gasteiger partial charge in [-0.3, -0.25) is 0 Å². The Balaban J connectivity index is 0.000000202. The third-order valence-electron chi connectivity index (χ3n) is 6.82. The summed E-state index contributed by atoms with van der Waals surface area (Å²) in [6.07, 6.45) is 20.0. The van der Waals surface area contributed by atoms with E-state index >= 15 is 0 Å². The van der Waals surface area contributed by atoms with Crippen LogP contribution in [0.3, 0.4) is 0 Å². The van der Waals surface area contributed by atoms with Gasteiger partial charge in [-0.2, -0.15) is 0 Å². The fraction of sp³-hybridized carbons (Fsp3) is 1.00. The largest absolute Gasteiger partial charge is 0.306 e. The Kier molecular flexibility index (Phi) is 18.1. The van der Waals surface area contributed by atoms with Crippen LogP contribution >= 0.6 is 0 Å². The van der Waals surface area contributed by atoms with Gasteiger partial charge < -0.3 is 19.6 Å². The molecule has 0 unspecified atom stereocenters. The molecule has 4 aliphatic heterocycles. The lowest BCUT2D eigenvalue weighted by Crippen LogP contribution is -2.24. The smallest absolute Gasteiger partial charge is 0.00213 e. The minimum absolute atomic E-state index is 1.32. The van der Waals surface area contributed by atoms with Gasteiger partial charge in [0.05, 0.1) is 0 Å². The van der Waals surface area contributed by atoms with Gasteiger partial charge in [0.15, 0.2) is 0 Å². The van der Waals surface area contributed by atoms with Gasteiger partial charge in [0.25, 0.3) is 0 Å². The van der Waals surface area contributed by atoms with Gasteiger partial charge in [-0.15, -0.1) is 0 Å².